The van der Waals surface area contributed by atoms with Crippen LogP contribution in [0.1, 0.15) is 0 Å². The van der Waals surface area contributed by atoms with Gasteiger partial charge in [0.15, 0.2) is 0 Å². The molecule has 0 atom stereocenters. The summed E-state index contributed by atoms with van der Waals surface area (Å²) in [5.41, 5.74) is 0. The lowest BCUT2D eigenvalue weighted by Gasteiger charge is -1.78. The van der Waals surface area contributed by atoms with Gasteiger partial charge < -0.3 is 5.32 Å². The maximum absolute atomic E-state index is 3.43. The standard InChI is InChI=1S/C4H8N/c1-3-4-5-2/h3-5H,1H2,2H3. The summed E-state index contributed by atoms with van der Waals surface area (Å²) in [6.07, 6.45) is 1.69. The van der Waals surface area contributed by atoms with Crippen LogP contribution in [0.2, 0.25) is 0 Å². The van der Waals surface area contributed by atoms with Gasteiger partial charge in [0, 0.05) is 6.54 Å². The zero-order valence-electron chi connectivity index (χ0n) is 3.36. The molecule has 1 heteroatoms. The van der Waals surface area contributed by atoms with Gasteiger partial charge in [-0.2, -0.15) is 0 Å². The van der Waals surface area contributed by atoms with Crippen LogP contribution in [-0.2, 0) is 0 Å². The maximum atomic E-state index is 3.43. The molecule has 0 unspecified atom stereocenters. The van der Waals surface area contributed by atoms with Crippen molar-refractivity contribution in [3.63, 3.8) is 0 Å². The van der Waals surface area contributed by atoms with Crippen molar-refractivity contribution in [2.45, 2.75) is 0 Å². The average Bonchev–Trinajstić information content (AvgIpc) is 1.41. The third-order valence-corrected chi connectivity index (χ3v) is 0.285. The number of likely N-dealkylation sites (N-methyl/N-ethyl adjacent to an activating group) is 1. The molecule has 0 heterocycles. The fourth-order valence-electron chi connectivity index (χ4n) is 0.118. The van der Waals surface area contributed by atoms with Crippen molar-refractivity contribution in [3.8, 4) is 0 Å². The summed E-state index contributed by atoms with van der Waals surface area (Å²) in [4.78, 5) is 0. The number of hydrogen-bond donors (Lipinski definition) is 1. The molecule has 0 aromatic heterocycles. The maximum Gasteiger partial charge on any atom is 0.0436 e. The van der Waals surface area contributed by atoms with Crippen LogP contribution in [0, 0.1) is 6.54 Å². The SMILES string of the molecule is C=C[CH]NC. The molecule has 0 spiro atoms. The smallest absolute Gasteiger partial charge is 0.0436 e. The molecule has 1 N–H and O–H groups in total. The van der Waals surface area contributed by atoms with E-state index in [2.05, 4.69) is 11.9 Å². The van der Waals surface area contributed by atoms with Crippen LogP contribution in [0.25, 0.3) is 0 Å². The second-order valence-electron chi connectivity index (χ2n) is 0.691. The molecule has 29 valence electrons. The summed E-state index contributed by atoms with van der Waals surface area (Å²) in [5, 5.41) is 2.77. The Morgan fingerprint density at radius 1 is 1.80 bits per heavy atom. The van der Waals surface area contributed by atoms with Crippen molar-refractivity contribution in [3.05, 3.63) is 19.2 Å². The summed E-state index contributed by atoms with van der Waals surface area (Å²) in [6.45, 7) is 5.20. The van der Waals surface area contributed by atoms with Gasteiger partial charge in [0.2, 0.25) is 0 Å². The fourth-order valence-corrected chi connectivity index (χ4v) is 0.118. The molecule has 5 heavy (non-hydrogen) atoms. The van der Waals surface area contributed by atoms with Gasteiger partial charge in [0.25, 0.3) is 0 Å². The van der Waals surface area contributed by atoms with E-state index in [-0.39, 0.29) is 0 Å². The van der Waals surface area contributed by atoms with Crippen LogP contribution in [-0.4, -0.2) is 7.05 Å². The third kappa shape index (κ3) is 3.70. The van der Waals surface area contributed by atoms with E-state index >= 15 is 0 Å². The Bertz CT molecular complexity index is 24.8. The molecule has 0 amide bonds. The molecule has 0 bridgehead atoms. The number of rotatable bonds is 2. The first kappa shape index (κ1) is 4.70. The summed E-state index contributed by atoms with van der Waals surface area (Å²) in [6, 6.07) is 0. The second-order valence-corrected chi connectivity index (χ2v) is 0.691. The molecular formula is C4H8N. The summed E-state index contributed by atoms with van der Waals surface area (Å²) in [5.74, 6) is 0. The Morgan fingerprint density at radius 2 is 2.40 bits per heavy atom. The van der Waals surface area contributed by atoms with Crippen molar-refractivity contribution in [2.75, 3.05) is 7.05 Å². The Labute approximate surface area is 32.7 Å². The van der Waals surface area contributed by atoms with E-state index in [1.54, 1.807) is 12.6 Å². The highest BCUT2D eigenvalue weighted by molar-refractivity contribution is 4.81. The van der Waals surface area contributed by atoms with Crippen LogP contribution < -0.4 is 5.32 Å². The molecule has 0 aliphatic rings. The average molecular weight is 70.1 g/mol. The monoisotopic (exact) mass is 70.1 g/mol. The van der Waals surface area contributed by atoms with Gasteiger partial charge in [-0.05, 0) is 7.05 Å². The van der Waals surface area contributed by atoms with Crippen molar-refractivity contribution < 1.29 is 0 Å². The van der Waals surface area contributed by atoms with Gasteiger partial charge in [-0.15, -0.1) is 6.58 Å². The minimum absolute atomic E-state index is 1.69. The Hall–Kier alpha value is -0.300. The van der Waals surface area contributed by atoms with Crippen molar-refractivity contribution in [2.24, 2.45) is 0 Å². The summed E-state index contributed by atoms with van der Waals surface area (Å²) >= 11 is 0. The first-order valence-electron chi connectivity index (χ1n) is 1.53. The van der Waals surface area contributed by atoms with Crippen LogP contribution in [0.4, 0.5) is 0 Å². The molecular weight excluding hydrogens is 62.1 g/mol. The normalized spacial score (nSPS) is 7.40. The van der Waals surface area contributed by atoms with Gasteiger partial charge in [0.1, 0.15) is 0 Å². The van der Waals surface area contributed by atoms with E-state index in [9.17, 15) is 0 Å². The lowest BCUT2D eigenvalue weighted by atomic mass is 10.6. The fraction of sp³-hybridized carbons (Fsp3) is 0.250. The van der Waals surface area contributed by atoms with Crippen LogP contribution in [0.3, 0.4) is 0 Å². The van der Waals surface area contributed by atoms with Crippen LogP contribution in [0.15, 0.2) is 12.7 Å². The van der Waals surface area contributed by atoms with Crippen LogP contribution >= 0.6 is 0 Å². The van der Waals surface area contributed by atoms with E-state index in [4.69, 9.17) is 0 Å². The van der Waals surface area contributed by atoms with E-state index in [0.29, 0.717) is 0 Å². The Kier molecular flexibility index (Phi) is 3.48. The van der Waals surface area contributed by atoms with Crippen molar-refractivity contribution >= 4 is 0 Å². The number of nitrogens with one attached hydrogen (secondary N) is 1. The lowest BCUT2D eigenvalue weighted by molar-refractivity contribution is 1.03. The minimum atomic E-state index is 1.69. The molecule has 0 fully saturated rings. The molecule has 0 saturated carbocycles. The molecule has 0 rings (SSSR count). The van der Waals surface area contributed by atoms with Gasteiger partial charge in [-0.3, -0.25) is 0 Å². The zero-order valence-corrected chi connectivity index (χ0v) is 3.36. The Morgan fingerprint density at radius 3 is 2.40 bits per heavy atom. The van der Waals surface area contributed by atoms with Gasteiger partial charge in [-0.1, -0.05) is 6.08 Å². The van der Waals surface area contributed by atoms with E-state index in [1.165, 1.54) is 0 Å². The van der Waals surface area contributed by atoms with Crippen molar-refractivity contribution in [1.29, 1.82) is 0 Å². The summed E-state index contributed by atoms with van der Waals surface area (Å²) in [7, 11) is 1.84. The second kappa shape index (κ2) is 3.70. The highest BCUT2D eigenvalue weighted by atomic mass is 14.8. The lowest BCUT2D eigenvalue weighted by Crippen LogP contribution is -1.95. The topological polar surface area (TPSA) is 12.0 Å². The zero-order chi connectivity index (χ0) is 4.12. The minimum Gasteiger partial charge on any atom is -0.312 e. The predicted octanol–water partition coefficient (Wildman–Crippen LogP) is 0.554. The molecule has 0 aromatic carbocycles. The first-order valence-corrected chi connectivity index (χ1v) is 1.53. The van der Waals surface area contributed by atoms with E-state index in [1.807, 2.05) is 7.05 Å². The van der Waals surface area contributed by atoms with Gasteiger partial charge in [-0.25, -0.2) is 0 Å². The highest BCUT2D eigenvalue weighted by Crippen LogP contribution is 1.59. The first-order chi connectivity index (χ1) is 2.41. The molecule has 0 aromatic rings. The quantitative estimate of drug-likeness (QED) is 0.500. The van der Waals surface area contributed by atoms with E-state index in [0.717, 1.165) is 0 Å². The largest absolute Gasteiger partial charge is 0.312 e. The Balaban J connectivity index is 2.40. The van der Waals surface area contributed by atoms with Gasteiger partial charge >= 0.3 is 0 Å². The summed E-state index contributed by atoms with van der Waals surface area (Å²) < 4.78 is 0. The highest BCUT2D eigenvalue weighted by Gasteiger charge is 1.58. The van der Waals surface area contributed by atoms with Crippen molar-refractivity contribution in [1.82, 2.24) is 5.32 Å². The molecule has 1 nitrogen and oxygen atoms in total. The molecule has 0 saturated heterocycles. The third-order valence-electron chi connectivity index (χ3n) is 0.285. The van der Waals surface area contributed by atoms with Crippen LogP contribution in [0.5, 0.6) is 0 Å². The number of hydrogen-bond acceptors (Lipinski definition) is 1. The predicted molar refractivity (Wildman–Crippen MR) is 23.6 cm³/mol. The molecule has 1 radical (unpaired) electrons. The van der Waals surface area contributed by atoms with E-state index < -0.39 is 0 Å². The van der Waals surface area contributed by atoms with Gasteiger partial charge in [0.05, 0.1) is 0 Å². The molecule has 0 aliphatic carbocycles. The molecule has 0 aliphatic heterocycles.